The lowest BCUT2D eigenvalue weighted by atomic mass is 10.0. The van der Waals surface area contributed by atoms with Gasteiger partial charge in [0.25, 0.3) is 0 Å². The predicted molar refractivity (Wildman–Crippen MR) is 75.5 cm³/mol. The van der Waals surface area contributed by atoms with Crippen molar-refractivity contribution in [3.05, 3.63) is 41.1 Å². The van der Waals surface area contributed by atoms with Gasteiger partial charge < -0.3 is 5.32 Å². The topological polar surface area (TPSA) is 29.9 Å². The van der Waals surface area contributed by atoms with Crippen LogP contribution < -0.4 is 5.32 Å². The minimum Gasteiger partial charge on any atom is -0.314 e. The van der Waals surface area contributed by atoms with E-state index in [4.69, 9.17) is 0 Å². The Balaban J connectivity index is 2.40. The zero-order valence-corrected chi connectivity index (χ0v) is 11.6. The van der Waals surface area contributed by atoms with Crippen LogP contribution in [-0.2, 0) is 20.0 Å². The average Bonchev–Trinajstić information content (AvgIpc) is 2.67. The summed E-state index contributed by atoms with van der Waals surface area (Å²) in [7, 11) is 3.96. The van der Waals surface area contributed by atoms with Gasteiger partial charge in [0.15, 0.2) is 0 Å². The standard InChI is InChI=1S/C15H21N3/c1-5-12-6-8-13(9-7-12)15-11(2)14(10-16-3)18(4)17-15/h6-9,16H,5,10H2,1-4H3. The van der Waals surface area contributed by atoms with Crippen molar-refractivity contribution in [1.29, 1.82) is 0 Å². The van der Waals surface area contributed by atoms with Gasteiger partial charge >= 0.3 is 0 Å². The molecule has 0 spiro atoms. The maximum absolute atomic E-state index is 4.63. The number of hydrogen-bond acceptors (Lipinski definition) is 2. The average molecular weight is 243 g/mol. The Morgan fingerprint density at radius 3 is 2.44 bits per heavy atom. The SMILES string of the molecule is CCc1ccc(-c2nn(C)c(CNC)c2C)cc1. The molecule has 0 aliphatic carbocycles. The number of aromatic nitrogens is 2. The van der Waals surface area contributed by atoms with Crippen molar-refractivity contribution in [2.24, 2.45) is 7.05 Å². The second-order valence-corrected chi connectivity index (χ2v) is 4.62. The molecule has 1 aromatic carbocycles. The molecule has 3 nitrogen and oxygen atoms in total. The molecule has 18 heavy (non-hydrogen) atoms. The summed E-state index contributed by atoms with van der Waals surface area (Å²) in [4.78, 5) is 0. The fraction of sp³-hybridized carbons (Fsp3) is 0.400. The molecule has 0 bridgehead atoms. The lowest BCUT2D eigenvalue weighted by Crippen LogP contribution is -2.10. The van der Waals surface area contributed by atoms with E-state index in [9.17, 15) is 0 Å². The zero-order valence-electron chi connectivity index (χ0n) is 11.6. The number of benzene rings is 1. The molecular formula is C15H21N3. The van der Waals surface area contributed by atoms with Gasteiger partial charge in [0.1, 0.15) is 0 Å². The van der Waals surface area contributed by atoms with Crippen LogP contribution >= 0.6 is 0 Å². The molecule has 96 valence electrons. The fourth-order valence-corrected chi connectivity index (χ4v) is 2.25. The first-order valence-corrected chi connectivity index (χ1v) is 6.43. The van der Waals surface area contributed by atoms with Gasteiger partial charge in [0.05, 0.1) is 11.4 Å². The van der Waals surface area contributed by atoms with Gasteiger partial charge in [-0.1, -0.05) is 31.2 Å². The highest BCUT2D eigenvalue weighted by Gasteiger charge is 2.12. The lowest BCUT2D eigenvalue weighted by molar-refractivity contribution is 0.671. The second-order valence-electron chi connectivity index (χ2n) is 4.62. The van der Waals surface area contributed by atoms with E-state index in [2.05, 4.69) is 48.5 Å². The number of hydrogen-bond donors (Lipinski definition) is 1. The molecule has 0 aliphatic rings. The van der Waals surface area contributed by atoms with Crippen LogP contribution in [0.3, 0.4) is 0 Å². The van der Waals surface area contributed by atoms with Gasteiger partial charge in [-0.2, -0.15) is 5.10 Å². The largest absolute Gasteiger partial charge is 0.314 e. The van der Waals surface area contributed by atoms with Crippen molar-refractivity contribution in [3.63, 3.8) is 0 Å². The molecule has 1 aromatic heterocycles. The number of aryl methyl sites for hydroxylation is 2. The Bertz CT molecular complexity index is 523. The first kappa shape index (κ1) is 12.8. The molecule has 1 N–H and O–H groups in total. The summed E-state index contributed by atoms with van der Waals surface area (Å²) < 4.78 is 1.97. The van der Waals surface area contributed by atoms with Gasteiger partial charge in [-0.25, -0.2) is 0 Å². The minimum absolute atomic E-state index is 0.850. The number of nitrogens with one attached hydrogen (secondary N) is 1. The Kier molecular flexibility index (Phi) is 3.82. The summed E-state index contributed by atoms with van der Waals surface area (Å²) >= 11 is 0. The number of rotatable bonds is 4. The number of nitrogens with zero attached hydrogens (tertiary/aromatic N) is 2. The fourth-order valence-electron chi connectivity index (χ4n) is 2.25. The van der Waals surface area contributed by atoms with E-state index in [-0.39, 0.29) is 0 Å². The predicted octanol–water partition coefficient (Wildman–Crippen LogP) is 2.68. The Morgan fingerprint density at radius 1 is 1.22 bits per heavy atom. The van der Waals surface area contributed by atoms with E-state index in [1.807, 2.05) is 18.8 Å². The Morgan fingerprint density at radius 2 is 1.89 bits per heavy atom. The molecule has 0 saturated carbocycles. The quantitative estimate of drug-likeness (QED) is 0.894. The highest BCUT2D eigenvalue weighted by molar-refractivity contribution is 5.64. The van der Waals surface area contributed by atoms with Crippen LogP contribution in [0, 0.1) is 6.92 Å². The molecule has 2 rings (SSSR count). The molecule has 3 heteroatoms. The van der Waals surface area contributed by atoms with E-state index in [0.717, 1.165) is 18.7 Å². The molecule has 0 amide bonds. The molecule has 0 radical (unpaired) electrons. The highest BCUT2D eigenvalue weighted by Crippen LogP contribution is 2.24. The minimum atomic E-state index is 0.850. The van der Waals surface area contributed by atoms with E-state index in [0.29, 0.717) is 0 Å². The molecular weight excluding hydrogens is 222 g/mol. The third-order valence-corrected chi connectivity index (χ3v) is 3.41. The molecule has 0 fully saturated rings. The van der Waals surface area contributed by atoms with Crippen LogP contribution in [0.2, 0.25) is 0 Å². The smallest absolute Gasteiger partial charge is 0.0955 e. The molecule has 2 aromatic rings. The van der Waals surface area contributed by atoms with E-state index in [1.165, 1.54) is 22.4 Å². The third kappa shape index (κ3) is 2.31. The maximum atomic E-state index is 4.63. The highest BCUT2D eigenvalue weighted by atomic mass is 15.3. The summed E-state index contributed by atoms with van der Waals surface area (Å²) in [5, 5.41) is 7.82. The van der Waals surface area contributed by atoms with E-state index >= 15 is 0 Å². The Hall–Kier alpha value is -1.61. The molecule has 0 atom stereocenters. The van der Waals surface area contributed by atoms with Gasteiger partial charge in [-0.05, 0) is 31.5 Å². The second kappa shape index (κ2) is 5.36. The van der Waals surface area contributed by atoms with Crippen molar-refractivity contribution < 1.29 is 0 Å². The van der Waals surface area contributed by atoms with Crippen LogP contribution in [0.15, 0.2) is 24.3 Å². The molecule has 0 saturated heterocycles. The molecule has 1 heterocycles. The molecule has 0 aliphatic heterocycles. The molecule has 0 unspecified atom stereocenters. The normalized spacial score (nSPS) is 10.9. The van der Waals surface area contributed by atoms with Gasteiger partial charge in [-0.3, -0.25) is 4.68 Å². The summed E-state index contributed by atoms with van der Waals surface area (Å²) in [5.41, 5.74) is 6.15. The Labute approximate surface area is 109 Å². The van der Waals surface area contributed by atoms with Gasteiger partial charge in [0, 0.05) is 19.2 Å². The first-order chi connectivity index (χ1) is 8.67. The van der Waals surface area contributed by atoms with Gasteiger partial charge in [0.2, 0.25) is 0 Å². The zero-order chi connectivity index (χ0) is 13.1. The van der Waals surface area contributed by atoms with Crippen molar-refractivity contribution in [2.75, 3.05) is 7.05 Å². The van der Waals surface area contributed by atoms with Crippen LogP contribution in [0.4, 0.5) is 0 Å². The summed E-state index contributed by atoms with van der Waals surface area (Å²) in [6, 6.07) is 8.69. The van der Waals surface area contributed by atoms with E-state index in [1.54, 1.807) is 0 Å². The lowest BCUT2D eigenvalue weighted by Gasteiger charge is -2.02. The summed E-state index contributed by atoms with van der Waals surface area (Å²) in [6.45, 7) is 5.16. The van der Waals surface area contributed by atoms with Crippen LogP contribution in [0.25, 0.3) is 11.3 Å². The van der Waals surface area contributed by atoms with Gasteiger partial charge in [-0.15, -0.1) is 0 Å². The van der Waals surface area contributed by atoms with Crippen LogP contribution in [0.5, 0.6) is 0 Å². The van der Waals surface area contributed by atoms with Crippen molar-refractivity contribution >= 4 is 0 Å². The van der Waals surface area contributed by atoms with Crippen molar-refractivity contribution in [2.45, 2.75) is 26.8 Å². The summed E-state index contributed by atoms with van der Waals surface area (Å²) in [5.74, 6) is 0. The van der Waals surface area contributed by atoms with Crippen molar-refractivity contribution in [1.82, 2.24) is 15.1 Å². The van der Waals surface area contributed by atoms with Crippen molar-refractivity contribution in [3.8, 4) is 11.3 Å². The van der Waals surface area contributed by atoms with E-state index < -0.39 is 0 Å². The third-order valence-electron chi connectivity index (χ3n) is 3.41. The van der Waals surface area contributed by atoms with Crippen LogP contribution in [0.1, 0.15) is 23.7 Å². The van der Waals surface area contributed by atoms with Crippen LogP contribution in [-0.4, -0.2) is 16.8 Å². The first-order valence-electron chi connectivity index (χ1n) is 6.43. The summed E-state index contributed by atoms with van der Waals surface area (Å²) in [6.07, 6.45) is 1.08. The maximum Gasteiger partial charge on any atom is 0.0955 e. The monoisotopic (exact) mass is 243 g/mol.